The first-order chi connectivity index (χ1) is 14.9. The predicted octanol–water partition coefficient (Wildman–Crippen LogP) is 4.39. The van der Waals surface area contributed by atoms with Gasteiger partial charge in [-0.3, -0.25) is 0 Å². The Bertz CT molecular complexity index is 1210. The highest BCUT2D eigenvalue weighted by Crippen LogP contribution is 2.41. The van der Waals surface area contributed by atoms with Gasteiger partial charge in [-0.1, -0.05) is 30.3 Å². The summed E-state index contributed by atoms with van der Waals surface area (Å²) in [5.74, 6) is -0.626. The van der Waals surface area contributed by atoms with Crippen LogP contribution >= 0.6 is 0 Å². The summed E-state index contributed by atoms with van der Waals surface area (Å²) < 4.78 is 55.4. The second-order valence-electron chi connectivity index (χ2n) is 8.20. The Morgan fingerprint density at radius 3 is 2.35 bits per heavy atom. The van der Waals surface area contributed by atoms with E-state index in [0.29, 0.717) is 13.1 Å². The largest absolute Gasteiger partial charge is 0.371 e. The molecule has 4 nitrogen and oxygen atoms in total. The van der Waals surface area contributed by atoms with Crippen molar-refractivity contribution in [3.8, 4) is 0 Å². The van der Waals surface area contributed by atoms with Crippen molar-refractivity contribution in [3.63, 3.8) is 0 Å². The number of sulfonamides is 1. The van der Waals surface area contributed by atoms with E-state index in [1.807, 2.05) is 18.2 Å². The van der Waals surface area contributed by atoms with Gasteiger partial charge in [-0.2, -0.15) is 4.31 Å². The van der Waals surface area contributed by atoms with Gasteiger partial charge in [0.05, 0.1) is 4.90 Å². The summed E-state index contributed by atoms with van der Waals surface area (Å²) in [7, 11) is -3.85. The number of hydrogen-bond acceptors (Lipinski definition) is 3. The van der Waals surface area contributed by atoms with Gasteiger partial charge >= 0.3 is 0 Å². The van der Waals surface area contributed by atoms with E-state index in [1.165, 1.54) is 34.6 Å². The standard InChI is InChI=1S/C24H22F2N2O2S/c25-19-8-10-21(11-9-19)27-13-18-15-28(31(29,30)22-6-3-5-20(26)12-22)14-17-4-1-2-7-23(17)24(18)16-27/h1-12,18,24H,13-16H2/t18-,24+/m0/s1. The van der Waals surface area contributed by atoms with Crippen molar-refractivity contribution in [1.29, 1.82) is 0 Å². The molecule has 0 aromatic heterocycles. The van der Waals surface area contributed by atoms with Gasteiger partial charge in [-0.05, 0) is 59.5 Å². The van der Waals surface area contributed by atoms with Gasteiger partial charge in [0.15, 0.2) is 0 Å². The van der Waals surface area contributed by atoms with Crippen molar-refractivity contribution in [2.45, 2.75) is 17.4 Å². The molecule has 2 aliphatic heterocycles. The minimum Gasteiger partial charge on any atom is -0.371 e. The molecule has 0 saturated carbocycles. The number of rotatable bonds is 3. The van der Waals surface area contributed by atoms with E-state index >= 15 is 0 Å². The van der Waals surface area contributed by atoms with E-state index in [4.69, 9.17) is 0 Å². The Balaban J connectivity index is 1.52. The number of benzene rings is 3. The first kappa shape index (κ1) is 20.2. The number of anilines is 1. The highest BCUT2D eigenvalue weighted by Gasteiger charge is 2.41. The smallest absolute Gasteiger partial charge is 0.243 e. The maximum Gasteiger partial charge on any atom is 0.243 e. The predicted molar refractivity (Wildman–Crippen MR) is 115 cm³/mol. The highest BCUT2D eigenvalue weighted by atomic mass is 32.2. The fraction of sp³-hybridized carbons (Fsp3) is 0.250. The zero-order chi connectivity index (χ0) is 21.6. The maximum atomic E-state index is 13.7. The topological polar surface area (TPSA) is 40.6 Å². The number of halogens is 2. The van der Waals surface area contributed by atoms with Crippen LogP contribution in [0.25, 0.3) is 0 Å². The second-order valence-corrected chi connectivity index (χ2v) is 10.1. The molecule has 0 amide bonds. The Kier molecular flexibility index (Phi) is 5.02. The van der Waals surface area contributed by atoms with Gasteiger partial charge in [0.2, 0.25) is 10.0 Å². The van der Waals surface area contributed by atoms with Crippen LogP contribution in [0.1, 0.15) is 17.0 Å². The van der Waals surface area contributed by atoms with Gasteiger partial charge in [-0.15, -0.1) is 0 Å². The Labute approximate surface area is 180 Å². The molecule has 2 heterocycles. The van der Waals surface area contributed by atoms with Crippen molar-refractivity contribution >= 4 is 15.7 Å². The lowest BCUT2D eigenvalue weighted by Crippen LogP contribution is -2.35. The Morgan fingerprint density at radius 1 is 0.806 bits per heavy atom. The van der Waals surface area contributed by atoms with Crippen molar-refractivity contribution < 1.29 is 17.2 Å². The molecule has 0 N–H and O–H groups in total. The van der Waals surface area contributed by atoms with Crippen LogP contribution in [-0.2, 0) is 16.6 Å². The summed E-state index contributed by atoms with van der Waals surface area (Å²) in [5.41, 5.74) is 3.04. The third-order valence-corrected chi connectivity index (χ3v) is 8.11. The zero-order valence-electron chi connectivity index (χ0n) is 16.8. The van der Waals surface area contributed by atoms with Gasteiger partial charge in [0, 0.05) is 37.8 Å². The summed E-state index contributed by atoms with van der Waals surface area (Å²) in [5, 5.41) is 0. The first-order valence-electron chi connectivity index (χ1n) is 10.3. The van der Waals surface area contributed by atoms with Crippen LogP contribution in [0.3, 0.4) is 0 Å². The molecule has 3 aromatic carbocycles. The molecule has 0 unspecified atom stereocenters. The average molecular weight is 441 g/mol. The van der Waals surface area contributed by atoms with Crippen LogP contribution in [0, 0.1) is 17.6 Å². The van der Waals surface area contributed by atoms with Crippen molar-refractivity contribution in [2.24, 2.45) is 5.92 Å². The summed E-state index contributed by atoms with van der Waals surface area (Å²) in [6.07, 6.45) is 0. The average Bonchev–Trinajstić information content (AvgIpc) is 3.11. The Morgan fingerprint density at radius 2 is 1.58 bits per heavy atom. The molecule has 2 atom stereocenters. The van der Waals surface area contributed by atoms with Crippen LogP contribution in [0.15, 0.2) is 77.7 Å². The number of nitrogens with zero attached hydrogens (tertiary/aromatic N) is 2. The van der Waals surface area contributed by atoms with Crippen LogP contribution in [0.4, 0.5) is 14.5 Å². The van der Waals surface area contributed by atoms with Gasteiger partial charge < -0.3 is 4.90 Å². The fourth-order valence-corrected chi connectivity index (χ4v) is 6.29. The number of hydrogen-bond donors (Lipinski definition) is 0. The van der Waals surface area contributed by atoms with Gasteiger partial charge in [0.25, 0.3) is 0 Å². The molecule has 2 aliphatic rings. The van der Waals surface area contributed by atoms with E-state index in [1.54, 1.807) is 12.1 Å². The fourth-order valence-electron chi connectivity index (χ4n) is 4.79. The van der Waals surface area contributed by atoms with E-state index in [2.05, 4.69) is 11.0 Å². The maximum absolute atomic E-state index is 13.7. The van der Waals surface area contributed by atoms with Crippen LogP contribution in [0.5, 0.6) is 0 Å². The third kappa shape index (κ3) is 3.72. The molecule has 0 aliphatic carbocycles. The lowest BCUT2D eigenvalue weighted by Gasteiger charge is -2.24. The lowest BCUT2D eigenvalue weighted by molar-refractivity contribution is 0.351. The van der Waals surface area contributed by atoms with Crippen molar-refractivity contribution in [3.05, 3.63) is 95.6 Å². The molecule has 160 valence electrons. The quantitative estimate of drug-likeness (QED) is 0.607. The SMILES string of the molecule is O=S(=O)(c1cccc(F)c1)N1Cc2ccccc2[C@@H]2CN(c3ccc(F)cc3)C[C@H]2C1. The normalized spacial score (nSPS) is 21.4. The minimum absolute atomic E-state index is 0.0307. The molecular weight excluding hydrogens is 418 g/mol. The Hall–Kier alpha value is -2.77. The molecule has 7 heteroatoms. The van der Waals surface area contributed by atoms with Crippen molar-refractivity contribution in [2.75, 3.05) is 24.5 Å². The summed E-state index contributed by atoms with van der Waals surface area (Å²) >= 11 is 0. The minimum atomic E-state index is -3.85. The highest BCUT2D eigenvalue weighted by molar-refractivity contribution is 7.89. The van der Waals surface area contributed by atoms with Crippen LogP contribution < -0.4 is 4.90 Å². The monoisotopic (exact) mass is 440 g/mol. The van der Waals surface area contributed by atoms with Crippen LogP contribution in [-0.4, -0.2) is 32.4 Å². The summed E-state index contributed by atoms with van der Waals surface area (Å²) in [6, 6.07) is 19.5. The van der Waals surface area contributed by atoms with E-state index < -0.39 is 15.8 Å². The van der Waals surface area contributed by atoms with Crippen LogP contribution in [0.2, 0.25) is 0 Å². The van der Waals surface area contributed by atoms with Gasteiger partial charge in [0.1, 0.15) is 11.6 Å². The zero-order valence-corrected chi connectivity index (χ0v) is 17.6. The molecule has 0 radical (unpaired) electrons. The van der Waals surface area contributed by atoms with E-state index in [0.717, 1.165) is 29.4 Å². The lowest BCUT2D eigenvalue weighted by atomic mass is 9.87. The van der Waals surface area contributed by atoms with E-state index in [-0.39, 0.29) is 29.1 Å². The first-order valence-corrected chi connectivity index (χ1v) is 11.7. The van der Waals surface area contributed by atoms with Gasteiger partial charge in [-0.25, -0.2) is 17.2 Å². The van der Waals surface area contributed by atoms with E-state index in [9.17, 15) is 17.2 Å². The molecule has 1 saturated heterocycles. The molecule has 3 aromatic rings. The molecule has 0 spiro atoms. The second kappa shape index (κ2) is 7.73. The molecule has 0 bridgehead atoms. The number of fused-ring (bicyclic) bond motifs is 3. The molecule has 5 rings (SSSR count). The van der Waals surface area contributed by atoms with Crippen molar-refractivity contribution in [1.82, 2.24) is 4.31 Å². The summed E-state index contributed by atoms with van der Waals surface area (Å²) in [4.78, 5) is 2.15. The summed E-state index contributed by atoms with van der Waals surface area (Å²) in [6.45, 7) is 2.01. The molecular formula is C24H22F2N2O2S. The molecule has 1 fully saturated rings. The third-order valence-electron chi connectivity index (χ3n) is 6.31. The molecule has 31 heavy (non-hydrogen) atoms.